The Bertz CT molecular complexity index is 883. The van der Waals surface area contributed by atoms with Crippen LogP contribution in [0.4, 0.5) is 0 Å². The number of nitrogens with zero attached hydrogens (tertiary/aromatic N) is 3. The van der Waals surface area contributed by atoms with Crippen molar-refractivity contribution in [2.75, 3.05) is 33.3 Å². The molecule has 2 aliphatic heterocycles. The number of benzene rings is 1. The largest absolute Gasteiger partial charge is 0.497 e. The smallest absolute Gasteiger partial charge is 0.241 e. The fraction of sp³-hybridized carbons (Fsp3) is 0.409. The number of rotatable bonds is 5. The summed E-state index contributed by atoms with van der Waals surface area (Å²) in [5.74, 6) is 0.908. The highest BCUT2D eigenvalue weighted by Crippen LogP contribution is 2.23. The summed E-state index contributed by atoms with van der Waals surface area (Å²) in [5, 5.41) is 0. The molecule has 2 atom stereocenters. The molecule has 2 saturated heterocycles. The summed E-state index contributed by atoms with van der Waals surface area (Å²) in [7, 11) is 1.62. The third-order valence-corrected chi connectivity index (χ3v) is 5.74. The number of carbonyl (C=O) groups is 2. The first-order valence-corrected chi connectivity index (χ1v) is 10.2. The maximum Gasteiger partial charge on any atom is 0.241 e. The van der Waals surface area contributed by atoms with Crippen LogP contribution in [0.3, 0.4) is 0 Å². The molecule has 0 bridgehead atoms. The second-order valence-corrected chi connectivity index (χ2v) is 7.64. The number of nitrogens with one attached hydrogen (secondary N) is 2. The van der Waals surface area contributed by atoms with E-state index < -0.39 is 0 Å². The van der Waals surface area contributed by atoms with Gasteiger partial charge in [-0.25, -0.2) is 10.9 Å². The summed E-state index contributed by atoms with van der Waals surface area (Å²) in [4.78, 5) is 33.3. The Morgan fingerprint density at radius 3 is 2.53 bits per heavy atom. The molecule has 0 aliphatic carbocycles. The van der Waals surface area contributed by atoms with E-state index in [4.69, 9.17) is 4.74 Å². The summed E-state index contributed by atoms with van der Waals surface area (Å²) in [6.07, 6.45) is 4.55. The first-order valence-electron chi connectivity index (χ1n) is 10.2. The number of hydrazine groups is 1. The number of ether oxygens (including phenoxy) is 1. The van der Waals surface area contributed by atoms with E-state index in [0.717, 1.165) is 16.9 Å². The van der Waals surface area contributed by atoms with E-state index in [1.165, 1.54) is 0 Å². The quantitative estimate of drug-likeness (QED) is 0.764. The van der Waals surface area contributed by atoms with Crippen LogP contribution >= 0.6 is 0 Å². The van der Waals surface area contributed by atoms with Crippen molar-refractivity contribution in [3.05, 3.63) is 59.9 Å². The van der Waals surface area contributed by atoms with Gasteiger partial charge in [-0.05, 0) is 41.8 Å². The van der Waals surface area contributed by atoms with E-state index >= 15 is 0 Å². The lowest BCUT2D eigenvalue weighted by molar-refractivity contribution is -0.140. The van der Waals surface area contributed by atoms with Crippen LogP contribution in [0.2, 0.25) is 0 Å². The number of methoxy groups -OCH3 is 1. The van der Waals surface area contributed by atoms with Crippen LogP contribution in [0.25, 0.3) is 0 Å². The Balaban J connectivity index is 1.27. The molecule has 30 heavy (non-hydrogen) atoms. The highest BCUT2D eigenvalue weighted by Gasteiger charge is 2.34. The van der Waals surface area contributed by atoms with Crippen LogP contribution in [0.15, 0.2) is 48.8 Å². The van der Waals surface area contributed by atoms with E-state index in [2.05, 4.69) is 15.8 Å². The number of aromatic nitrogens is 1. The maximum atomic E-state index is 12.9. The monoisotopic (exact) mass is 409 g/mol. The predicted octanol–water partition coefficient (Wildman–Crippen LogP) is 0.911. The third kappa shape index (κ3) is 4.60. The molecule has 158 valence electrons. The van der Waals surface area contributed by atoms with E-state index in [-0.39, 0.29) is 23.9 Å². The Labute approximate surface area is 176 Å². The molecule has 2 unspecified atom stereocenters. The van der Waals surface area contributed by atoms with Crippen molar-refractivity contribution in [2.24, 2.45) is 0 Å². The SMILES string of the molecule is COc1cccc(CC(=O)N2CCN(C(=O)C3CC(c4ccncc4)NN3)CC2)c1. The van der Waals surface area contributed by atoms with E-state index in [1.807, 2.05) is 46.2 Å². The Kier molecular flexibility index (Phi) is 6.25. The molecular weight excluding hydrogens is 382 g/mol. The van der Waals surface area contributed by atoms with Gasteiger partial charge in [-0.1, -0.05) is 12.1 Å². The molecule has 3 heterocycles. The van der Waals surface area contributed by atoms with Crippen LogP contribution in [0, 0.1) is 0 Å². The number of carbonyl (C=O) groups excluding carboxylic acids is 2. The normalized spacial score (nSPS) is 21.5. The van der Waals surface area contributed by atoms with Gasteiger partial charge in [-0.3, -0.25) is 14.6 Å². The number of hydrogen-bond donors (Lipinski definition) is 2. The Morgan fingerprint density at radius 2 is 1.80 bits per heavy atom. The van der Waals surface area contributed by atoms with E-state index in [9.17, 15) is 9.59 Å². The van der Waals surface area contributed by atoms with Crippen molar-refractivity contribution in [2.45, 2.75) is 24.9 Å². The third-order valence-electron chi connectivity index (χ3n) is 5.74. The van der Waals surface area contributed by atoms with Gasteiger partial charge in [-0.2, -0.15) is 0 Å². The minimum atomic E-state index is -0.262. The van der Waals surface area contributed by atoms with Crippen LogP contribution in [0.1, 0.15) is 23.6 Å². The standard InChI is InChI=1S/C22H27N5O3/c1-30-18-4-2-3-16(13-18)14-21(28)26-9-11-27(12-10-26)22(29)20-15-19(24-25-20)17-5-7-23-8-6-17/h2-8,13,19-20,24-25H,9-12,14-15H2,1H3. The summed E-state index contributed by atoms with van der Waals surface area (Å²) in [6, 6.07) is 11.3. The van der Waals surface area contributed by atoms with Crippen molar-refractivity contribution >= 4 is 11.8 Å². The number of hydrogen-bond acceptors (Lipinski definition) is 6. The molecule has 2 amide bonds. The van der Waals surface area contributed by atoms with Crippen LogP contribution < -0.4 is 15.6 Å². The van der Waals surface area contributed by atoms with Gasteiger partial charge in [0.2, 0.25) is 11.8 Å². The Morgan fingerprint density at radius 1 is 1.07 bits per heavy atom. The molecule has 2 fully saturated rings. The van der Waals surface area contributed by atoms with Gasteiger partial charge < -0.3 is 14.5 Å². The van der Waals surface area contributed by atoms with Gasteiger partial charge in [0.1, 0.15) is 11.8 Å². The molecule has 2 aliphatic rings. The number of piperazine rings is 1. The van der Waals surface area contributed by atoms with Crippen LogP contribution in [-0.2, 0) is 16.0 Å². The van der Waals surface area contributed by atoms with Gasteiger partial charge in [0.25, 0.3) is 0 Å². The highest BCUT2D eigenvalue weighted by atomic mass is 16.5. The molecule has 0 spiro atoms. The average Bonchev–Trinajstić information content (AvgIpc) is 3.30. The van der Waals surface area contributed by atoms with Gasteiger partial charge in [-0.15, -0.1) is 0 Å². The average molecular weight is 409 g/mol. The zero-order valence-corrected chi connectivity index (χ0v) is 17.1. The molecule has 8 nitrogen and oxygen atoms in total. The fourth-order valence-electron chi connectivity index (χ4n) is 4.00. The lowest BCUT2D eigenvalue weighted by atomic mass is 10.0. The van der Waals surface area contributed by atoms with Crippen molar-refractivity contribution in [1.82, 2.24) is 25.6 Å². The zero-order valence-electron chi connectivity index (χ0n) is 17.1. The molecule has 0 radical (unpaired) electrons. The summed E-state index contributed by atoms with van der Waals surface area (Å²) in [6.45, 7) is 2.23. The Hall–Kier alpha value is -2.97. The lowest BCUT2D eigenvalue weighted by Crippen LogP contribution is -2.54. The van der Waals surface area contributed by atoms with Gasteiger partial charge in [0.15, 0.2) is 0 Å². The van der Waals surface area contributed by atoms with Gasteiger partial charge in [0, 0.05) is 44.6 Å². The van der Waals surface area contributed by atoms with E-state index in [1.54, 1.807) is 19.5 Å². The second-order valence-electron chi connectivity index (χ2n) is 7.64. The topological polar surface area (TPSA) is 86.8 Å². The fourth-order valence-corrected chi connectivity index (χ4v) is 4.00. The minimum absolute atomic E-state index is 0.0776. The zero-order chi connectivity index (χ0) is 20.9. The first kappa shape index (κ1) is 20.3. The molecule has 0 saturated carbocycles. The second kappa shape index (κ2) is 9.23. The molecule has 2 N–H and O–H groups in total. The van der Waals surface area contributed by atoms with Crippen molar-refractivity contribution < 1.29 is 14.3 Å². The van der Waals surface area contributed by atoms with Gasteiger partial charge in [0.05, 0.1) is 13.5 Å². The first-order chi connectivity index (χ1) is 14.6. The summed E-state index contributed by atoms with van der Waals surface area (Å²) >= 11 is 0. The molecule has 8 heteroatoms. The lowest BCUT2D eigenvalue weighted by Gasteiger charge is -2.36. The molecule has 4 rings (SSSR count). The molecular formula is C22H27N5O3. The molecule has 1 aromatic carbocycles. The predicted molar refractivity (Wildman–Crippen MR) is 112 cm³/mol. The summed E-state index contributed by atoms with van der Waals surface area (Å²) < 4.78 is 5.22. The highest BCUT2D eigenvalue weighted by molar-refractivity contribution is 5.83. The van der Waals surface area contributed by atoms with Crippen molar-refractivity contribution in [3.8, 4) is 5.75 Å². The maximum absolute atomic E-state index is 12.9. The minimum Gasteiger partial charge on any atom is -0.497 e. The summed E-state index contributed by atoms with van der Waals surface area (Å²) in [5.41, 5.74) is 8.38. The van der Waals surface area contributed by atoms with Crippen LogP contribution in [-0.4, -0.2) is 65.9 Å². The molecule has 1 aromatic heterocycles. The van der Waals surface area contributed by atoms with Crippen molar-refractivity contribution in [1.29, 1.82) is 0 Å². The van der Waals surface area contributed by atoms with Crippen LogP contribution in [0.5, 0.6) is 5.75 Å². The van der Waals surface area contributed by atoms with E-state index in [0.29, 0.717) is 39.0 Å². The van der Waals surface area contributed by atoms with Gasteiger partial charge >= 0.3 is 0 Å². The number of amides is 2. The number of pyridine rings is 1. The van der Waals surface area contributed by atoms with Crippen molar-refractivity contribution in [3.63, 3.8) is 0 Å². The molecule has 2 aromatic rings.